The Bertz CT molecular complexity index is 1580. The normalized spacial score (nSPS) is 13.8. The summed E-state index contributed by atoms with van der Waals surface area (Å²) < 4.78 is 24.2. The van der Waals surface area contributed by atoms with Crippen molar-refractivity contribution in [1.82, 2.24) is 20.9 Å². The molecule has 1 saturated carbocycles. The molecule has 0 unspecified atom stereocenters. The zero-order valence-electron chi connectivity index (χ0n) is 26.9. The van der Waals surface area contributed by atoms with Crippen LogP contribution in [0.3, 0.4) is 0 Å². The molecule has 4 N–H and O–H groups in total. The zero-order chi connectivity index (χ0) is 32.8. The average Bonchev–Trinajstić information content (AvgIpc) is 3.69. The molecule has 0 bridgehead atoms. The Hall–Kier alpha value is -4.52. The van der Waals surface area contributed by atoms with Gasteiger partial charge in [0.15, 0.2) is 0 Å². The van der Waals surface area contributed by atoms with Crippen LogP contribution in [0, 0.1) is 23.6 Å². The molecule has 0 radical (unpaired) electrons. The lowest BCUT2D eigenvalue weighted by atomic mass is 10.0. The highest BCUT2D eigenvalue weighted by Gasteiger charge is 2.23. The number of benzene rings is 2. The summed E-state index contributed by atoms with van der Waals surface area (Å²) >= 11 is 0. The fourth-order valence-electron chi connectivity index (χ4n) is 4.58. The molecule has 1 atom stereocenters. The van der Waals surface area contributed by atoms with Gasteiger partial charge in [-0.25, -0.2) is 14.0 Å². The van der Waals surface area contributed by atoms with Gasteiger partial charge in [-0.2, -0.15) is 0 Å². The van der Waals surface area contributed by atoms with Crippen molar-refractivity contribution in [3.63, 3.8) is 0 Å². The van der Waals surface area contributed by atoms with E-state index in [-0.39, 0.29) is 18.3 Å². The van der Waals surface area contributed by atoms with Crippen LogP contribution < -0.4 is 16.0 Å². The van der Waals surface area contributed by atoms with Crippen LogP contribution in [0.5, 0.6) is 0 Å². The Kier molecular flexibility index (Phi) is 10.4. The molecule has 1 fully saturated rings. The van der Waals surface area contributed by atoms with E-state index in [9.17, 15) is 18.8 Å². The van der Waals surface area contributed by atoms with Gasteiger partial charge in [-0.1, -0.05) is 36.1 Å². The first-order valence-corrected chi connectivity index (χ1v) is 15.3. The molecule has 1 aliphatic rings. The summed E-state index contributed by atoms with van der Waals surface area (Å²) in [6.45, 7) is 11.1. The summed E-state index contributed by atoms with van der Waals surface area (Å²) in [5.41, 5.74) is 2.10. The van der Waals surface area contributed by atoms with Crippen LogP contribution in [-0.2, 0) is 9.47 Å². The van der Waals surface area contributed by atoms with Gasteiger partial charge in [-0.3, -0.25) is 4.79 Å². The minimum Gasteiger partial charge on any atom is -0.444 e. The SMILES string of the molecule is CC(C)(C)OC(=O)NCCC[C@@H](CNC(=O)c1[nH]c2cc(-c3ccc(F)cc3)ccc2c1C#CC1CC1)NC(=O)OC(C)(C)C. The molecule has 4 rings (SSSR count). The molecule has 0 spiro atoms. The first kappa shape index (κ1) is 33.4. The summed E-state index contributed by atoms with van der Waals surface area (Å²) in [5, 5.41) is 9.32. The third kappa shape index (κ3) is 10.6. The smallest absolute Gasteiger partial charge is 0.407 e. The number of carbonyl (C=O) groups is 3. The van der Waals surface area contributed by atoms with Gasteiger partial charge in [0.1, 0.15) is 22.7 Å². The van der Waals surface area contributed by atoms with Gasteiger partial charge >= 0.3 is 12.2 Å². The first-order chi connectivity index (χ1) is 21.2. The molecule has 9 nitrogen and oxygen atoms in total. The number of aromatic nitrogens is 1. The van der Waals surface area contributed by atoms with E-state index in [0.29, 0.717) is 36.6 Å². The molecule has 0 aliphatic heterocycles. The number of fused-ring (bicyclic) bond motifs is 1. The Morgan fingerprint density at radius 2 is 1.58 bits per heavy atom. The van der Waals surface area contributed by atoms with E-state index in [2.05, 4.69) is 32.8 Å². The second kappa shape index (κ2) is 14.1. The highest BCUT2D eigenvalue weighted by molar-refractivity contribution is 6.03. The fraction of sp³-hybridized carbons (Fsp3) is 0.457. The number of alkyl carbamates (subject to hydrolysis) is 2. The highest BCUT2D eigenvalue weighted by Crippen LogP contribution is 2.30. The maximum absolute atomic E-state index is 13.6. The lowest BCUT2D eigenvalue weighted by Gasteiger charge is -2.24. The lowest BCUT2D eigenvalue weighted by molar-refractivity contribution is 0.0487. The van der Waals surface area contributed by atoms with Crippen LogP contribution in [0.1, 0.15) is 83.3 Å². The average molecular weight is 619 g/mol. The lowest BCUT2D eigenvalue weighted by Crippen LogP contribution is -2.46. The van der Waals surface area contributed by atoms with Gasteiger partial charge in [-0.15, -0.1) is 0 Å². The molecule has 240 valence electrons. The van der Waals surface area contributed by atoms with Crippen LogP contribution >= 0.6 is 0 Å². The maximum Gasteiger partial charge on any atom is 0.407 e. The van der Waals surface area contributed by atoms with Crippen LogP contribution in [-0.4, -0.2) is 53.4 Å². The molecule has 1 aliphatic carbocycles. The number of aromatic amines is 1. The van der Waals surface area contributed by atoms with Crippen molar-refractivity contribution in [1.29, 1.82) is 0 Å². The van der Waals surface area contributed by atoms with E-state index < -0.39 is 29.4 Å². The summed E-state index contributed by atoms with van der Waals surface area (Å²) in [6, 6.07) is 11.5. The Morgan fingerprint density at radius 3 is 2.22 bits per heavy atom. The third-order valence-electron chi connectivity index (χ3n) is 6.81. The number of halogens is 1. The molecule has 10 heteroatoms. The number of rotatable bonds is 9. The van der Waals surface area contributed by atoms with Crippen molar-refractivity contribution < 1.29 is 28.2 Å². The van der Waals surface area contributed by atoms with Gasteiger partial charge in [0.2, 0.25) is 0 Å². The molecule has 45 heavy (non-hydrogen) atoms. The van der Waals surface area contributed by atoms with E-state index in [1.807, 2.05) is 18.2 Å². The van der Waals surface area contributed by atoms with E-state index in [1.54, 1.807) is 53.7 Å². The number of amides is 3. The van der Waals surface area contributed by atoms with Gasteiger partial charge in [0, 0.05) is 36.0 Å². The monoisotopic (exact) mass is 618 g/mol. The number of carbonyl (C=O) groups excluding carboxylic acids is 3. The van der Waals surface area contributed by atoms with E-state index >= 15 is 0 Å². The summed E-state index contributed by atoms with van der Waals surface area (Å²) in [5.74, 6) is 6.15. The number of ether oxygens (including phenoxy) is 2. The molecular weight excluding hydrogens is 575 g/mol. The molecule has 3 aromatic rings. The maximum atomic E-state index is 13.6. The van der Waals surface area contributed by atoms with Crippen molar-refractivity contribution in [3.05, 3.63) is 59.5 Å². The zero-order valence-corrected chi connectivity index (χ0v) is 26.9. The fourth-order valence-corrected chi connectivity index (χ4v) is 4.58. The van der Waals surface area contributed by atoms with Crippen LogP contribution in [0.25, 0.3) is 22.0 Å². The largest absolute Gasteiger partial charge is 0.444 e. The minimum absolute atomic E-state index is 0.121. The van der Waals surface area contributed by atoms with Crippen LogP contribution in [0.2, 0.25) is 0 Å². The van der Waals surface area contributed by atoms with Crippen molar-refractivity contribution in [2.45, 2.75) is 84.5 Å². The standard InChI is InChI=1S/C35H43FN4O5/c1-34(2,3)44-32(42)37-19-7-8-26(39-33(43)45-35(4,5)6)21-38-31(41)30-28(17-11-22-9-10-22)27-18-14-24(20-29(27)40-30)23-12-15-25(36)16-13-23/h12-16,18,20,22,26,40H,7-10,19,21H2,1-6H3,(H,37,42)(H,38,41)(H,39,43)/t26-/m0/s1. The van der Waals surface area contributed by atoms with Crippen molar-refractivity contribution in [2.24, 2.45) is 5.92 Å². The van der Waals surface area contributed by atoms with Crippen LogP contribution in [0.15, 0.2) is 42.5 Å². The first-order valence-electron chi connectivity index (χ1n) is 15.3. The highest BCUT2D eigenvalue weighted by atomic mass is 19.1. The summed E-state index contributed by atoms with van der Waals surface area (Å²) in [4.78, 5) is 41.5. The number of nitrogens with one attached hydrogen (secondary N) is 4. The Morgan fingerprint density at radius 1 is 0.933 bits per heavy atom. The third-order valence-corrected chi connectivity index (χ3v) is 6.81. The van der Waals surface area contributed by atoms with E-state index in [0.717, 1.165) is 34.9 Å². The van der Waals surface area contributed by atoms with E-state index in [1.165, 1.54) is 12.1 Å². The number of H-pyrrole nitrogens is 1. The second-order valence-corrected chi connectivity index (χ2v) is 13.3. The molecule has 0 saturated heterocycles. The summed E-state index contributed by atoms with van der Waals surface area (Å²) in [6.07, 6.45) is 1.95. The van der Waals surface area contributed by atoms with E-state index in [4.69, 9.17) is 9.47 Å². The van der Waals surface area contributed by atoms with Crippen molar-refractivity contribution in [2.75, 3.05) is 13.1 Å². The summed E-state index contributed by atoms with van der Waals surface area (Å²) in [7, 11) is 0. The van der Waals surface area contributed by atoms with Gasteiger partial charge in [0.05, 0.1) is 5.56 Å². The topological polar surface area (TPSA) is 122 Å². The Balaban J connectivity index is 1.49. The second-order valence-electron chi connectivity index (χ2n) is 13.3. The molecule has 3 amide bonds. The van der Waals surface area contributed by atoms with Crippen molar-refractivity contribution >= 4 is 29.0 Å². The molecule has 2 aromatic carbocycles. The molecule has 1 aromatic heterocycles. The Labute approximate surface area is 264 Å². The molecular formula is C35H43FN4O5. The minimum atomic E-state index is -0.692. The molecule has 1 heterocycles. The van der Waals surface area contributed by atoms with Crippen molar-refractivity contribution in [3.8, 4) is 23.0 Å². The predicted molar refractivity (Wildman–Crippen MR) is 172 cm³/mol. The van der Waals surface area contributed by atoms with Crippen LogP contribution in [0.4, 0.5) is 14.0 Å². The quantitative estimate of drug-likeness (QED) is 0.158. The number of hydrogen-bond donors (Lipinski definition) is 4. The van der Waals surface area contributed by atoms with Gasteiger partial charge in [0.25, 0.3) is 5.91 Å². The predicted octanol–water partition coefficient (Wildman–Crippen LogP) is 6.66. The number of hydrogen-bond acceptors (Lipinski definition) is 5. The van der Waals surface area contributed by atoms with Gasteiger partial charge in [-0.05, 0) is 96.6 Å². The van der Waals surface area contributed by atoms with Gasteiger partial charge < -0.3 is 30.4 Å².